The topological polar surface area (TPSA) is 127 Å². The number of hydrogen-bond acceptors (Lipinski definition) is 6. The Labute approximate surface area is 241 Å². The molecule has 6 rings (SSSR count). The maximum absolute atomic E-state index is 14.6. The van der Waals surface area contributed by atoms with Gasteiger partial charge in [-0.15, -0.1) is 0 Å². The van der Waals surface area contributed by atoms with Crippen molar-refractivity contribution in [1.82, 2.24) is 30.4 Å². The maximum Gasteiger partial charge on any atom is 0.303 e. The molecule has 2 atom stereocenters. The molecular formula is C29H31ClFN7O3. The van der Waals surface area contributed by atoms with Gasteiger partial charge in [-0.1, -0.05) is 29.8 Å². The number of benzene rings is 2. The largest absolute Gasteiger partial charge is 0.481 e. The number of nitrogens with zero attached hydrogens (tertiary/aromatic N) is 4. The fourth-order valence-electron chi connectivity index (χ4n) is 6.06. The molecule has 1 saturated heterocycles. The van der Waals surface area contributed by atoms with Gasteiger partial charge in [0.25, 0.3) is 0 Å². The molecule has 0 radical (unpaired) electrons. The smallest absolute Gasteiger partial charge is 0.303 e. The van der Waals surface area contributed by atoms with E-state index < -0.39 is 18.1 Å². The zero-order chi connectivity index (χ0) is 28.8. The molecule has 0 bridgehead atoms. The lowest BCUT2D eigenvalue weighted by molar-refractivity contribution is -0.137. The Kier molecular flexibility index (Phi) is 7.16. The Morgan fingerprint density at radius 3 is 2.71 bits per heavy atom. The van der Waals surface area contributed by atoms with Gasteiger partial charge in [0.2, 0.25) is 5.91 Å². The normalized spacial score (nSPS) is 21.8. The highest BCUT2D eigenvalue weighted by Crippen LogP contribution is 2.38. The molecule has 1 fully saturated rings. The molecule has 0 saturated carbocycles. The van der Waals surface area contributed by atoms with Crippen molar-refractivity contribution in [2.24, 2.45) is 11.8 Å². The molecule has 10 nitrogen and oxygen atoms in total. The van der Waals surface area contributed by atoms with E-state index in [1.54, 1.807) is 41.9 Å². The van der Waals surface area contributed by atoms with Crippen LogP contribution >= 0.6 is 11.6 Å². The van der Waals surface area contributed by atoms with Gasteiger partial charge in [0, 0.05) is 41.1 Å². The fraction of sp³-hybridized carbons (Fsp3) is 0.379. The third-order valence-electron chi connectivity index (χ3n) is 8.29. The van der Waals surface area contributed by atoms with Crippen LogP contribution in [0.25, 0.3) is 10.9 Å². The number of nitrogens with one attached hydrogen (secondary N) is 3. The summed E-state index contributed by atoms with van der Waals surface area (Å²) >= 11 is 6.38. The molecule has 1 amide bonds. The van der Waals surface area contributed by atoms with E-state index in [1.165, 1.54) is 6.07 Å². The maximum atomic E-state index is 14.6. The number of amides is 1. The Morgan fingerprint density at radius 1 is 1.22 bits per heavy atom. The van der Waals surface area contributed by atoms with E-state index in [-0.39, 0.29) is 30.5 Å². The van der Waals surface area contributed by atoms with Crippen LogP contribution in [0.1, 0.15) is 50.0 Å². The van der Waals surface area contributed by atoms with E-state index in [2.05, 4.69) is 15.6 Å². The number of rotatable bonds is 7. The van der Waals surface area contributed by atoms with Gasteiger partial charge in [0.15, 0.2) is 6.17 Å². The minimum Gasteiger partial charge on any atom is -0.481 e. The van der Waals surface area contributed by atoms with Crippen molar-refractivity contribution in [3.05, 3.63) is 76.0 Å². The first kappa shape index (κ1) is 27.2. The van der Waals surface area contributed by atoms with E-state index >= 15 is 0 Å². The Morgan fingerprint density at radius 2 is 1.98 bits per heavy atom. The van der Waals surface area contributed by atoms with Crippen LogP contribution in [0.4, 0.5) is 4.39 Å². The molecule has 214 valence electrons. The molecule has 1 aromatic heterocycles. The lowest BCUT2D eigenvalue weighted by atomic mass is 9.92. The molecule has 0 aliphatic carbocycles. The molecule has 3 aliphatic heterocycles. The highest BCUT2D eigenvalue weighted by atomic mass is 35.5. The van der Waals surface area contributed by atoms with Gasteiger partial charge >= 0.3 is 5.97 Å². The first-order valence-corrected chi connectivity index (χ1v) is 14.1. The number of aromatic nitrogens is 2. The molecule has 3 aliphatic rings. The zero-order valence-corrected chi connectivity index (χ0v) is 23.3. The van der Waals surface area contributed by atoms with Crippen LogP contribution in [0.5, 0.6) is 0 Å². The van der Waals surface area contributed by atoms with Gasteiger partial charge in [0.1, 0.15) is 23.2 Å². The fourth-order valence-corrected chi connectivity index (χ4v) is 6.22. The summed E-state index contributed by atoms with van der Waals surface area (Å²) in [5, 5.41) is 34.9. The average Bonchev–Trinajstić information content (AvgIpc) is 3.44. The summed E-state index contributed by atoms with van der Waals surface area (Å²) in [5.41, 5.74) is 2.42. The summed E-state index contributed by atoms with van der Waals surface area (Å²) in [7, 11) is 0. The molecular weight excluding hydrogens is 549 g/mol. The molecule has 4 N–H and O–H groups in total. The summed E-state index contributed by atoms with van der Waals surface area (Å²) in [5.74, 6) is -0.793. The Balaban J connectivity index is 1.39. The molecule has 41 heavy (non-hydrogen) atoms. The first-order valence-electron chi connectivity index (χ1n) is 13.8. The highest BCUT2D eigenvalue weighted by Gasteiger charge is 2.45. The summed E-state index contributed by atoms with van der Waals surface area (Å²) in [4.78, 5) is 23.7. The standard InChI is InChI=1S/C29H31ClFN7O3/c1-16-24-26(32)38(36-12-10-17(11-13-36)6-9-23(39)40)28(33-27(24)34-29(16)41)25-20-8-7-19(30)14-22(20)37(35-25)15-18-4-2-3-5-21(18)31/h2-5,7-8,14,16-17,28,32-33H,6,9-13,15H2,1H3,(H,34,41)(H,39,40). The SMILES string of the molecule is CC1C(=O)NC2=C1C(=N)N(N1CCC(CCC(=O)O)CC1)C(c1nn(Cc3ccccc3F)c3cc(Cl)ccc13)N2. The number of fused-ring (bicyclic) bond motifs is 1. The van der Waals surface area contributed by atoms with Crippen molar-refractivity contribution in [3.63, 3.8) is 0 Å². The van der Waals surface area contributed by atoms with Crippen LogP contribution < -0.4 is 10.6 Å². The number of carbonyl (C=O) groups is 2. The summed E-state index contributed by atoms with van der Waals surface area (Å²) in [6, 6.07) is 12.0. The highest BCUT2D eigenvalue weighted by molar-refractivity contribution is 6.31. The van der Waals surface area contributed by atoms with Gasteiger partial charge in [-0.2, -0.15) is 5.10 Å². The van der Waals surface area contributed by atoms with Crippen LogP contribution in [-0.2, 0) is 16.1 Å². The molecule has 12 heteroatoms. The molecule has 4 heterocycles. The Bertz CT molecular complexity index is 1580. The van der Waals surface area contributed by atoms with Gasteiger partial charge in [-0.3, -0.25) is 24.7 Å². The van der Waals surface area contributed by atoms with Crippen molar-refractivity contribution in [1.29, 1.82) is 5.41 Å². The predicted molar refractivity (Wildman–Crippen MR) is 151 cm³/mol. The first-order chi connectivity index (χ1) is 19.7. The van der Waals surface area contributed by atoms with Crippen LogP contribution in [0.3, 0.4) is 0 Å². The Hall–Kier alpha value is -3.96. The van der Waals surface area contributed by atoms with Crippen molar-refractivity contribution in [3.8, 4) is 0 Å². The van der Waals surface area contributed by atoms with E-state index in [1.807, 2.05) is 11.1 Å². The van der Waals surface area contributed by atoms with E-state index in [9.17, 15) is 19.4 Å². The summed E-state index contributed by atoms with van der Waals surface area (Å²) in [6.45, 7) is 3.22. The van der Waals surface area contributed by atoms with Crippen molar-refractivity contribution < 1.29 is 19.1 Å². The van der Waals surface area contributed by atoms with Crippen LogP contribution in [0.2, 0.25) is 5.02 Å². The lowest BCUT2D eigenvalue weighted by Gasteiger charge is -2.47. The summed E-state index contributed by atoms with van der Waals surface area (Å²) in [6.07, 6.45) is 1.72. The van der Waals surface area contributed by atoms with E-state index in [0.717, 1.165) is 23.7 Å². The van der Waals surface area contributed by atoms with Gasteiger partial charge in [0.05, 0.1) is 18.0 Å². The number of halogens is 2. The van der Waals surface area contributed by atoms with Crippen molar-refractivity contribution in [2.75, 3.05) is 13.1 Å². The zero-order valence-electron chi connectivity index (χ0n) is 22.5. The van der Waals surface area contributed by atoms with E-state index in [0.29, 0.717) is 53.1 Å². The number of aliphatic carboxylic acids is 1. The molecule has 2 unspecified atom stereocenters. The number of carboxylic acids is 1. The number of carbonyl (C=O) groups excluding carboxylic acids is 1. The van der Waals surface area contributed by atoms with Crippen LogP contribution in [-0.4, -0.2) is 55.7 Å². The van der Waals surface area contributed by atoms with Gasteiger partial charge < -0.3 is 15.7 Å². The number of piperidine rings is 1. The average molecular weight is 580 g/mol. The van der Waals surface area contributed by atoms with Gasteiger partial charge in [-0.05, 0) is 56.4 Å². The van der Waals surface area contributed by atoms with Crippen LogP contribution in [0, 0.1) is 23.1 Å². The van der Waals surface area contributed by atoms with E-state index in [4.69, 9.17) is 21.8 Å². The van der Waals surface area contributed by atoms with Crippen LogP contribution in [0.15, 0.2) is 53.9 Å². The number of hydrazine groups is 1. The minimum atomic E-state index is -0.792. The second-order valence-electron chi connectivity index (χ2n) is 10.9. The third-order valence-corrected chi connectivity index (χ3v) is 8.53. The van der Waals surface area contributed by atoms with Crippen molar-refractivity contribution >= 4 is 40.2 Å². The lowest BCUT2D eigenvalue weighted by Crippen LogP contribution is -2.58. The second kappa shape index (κ2) is 10.8. The number of carboxylic acid groups (broad SMARTS) is 1. The number of amidine groups is 1. The van der Waals surface area contributed by atoms with Gasteiger partial charge in [-0.25, -0.2) is 9.40 Å². The monoisotopic (exact) mass is 579 g/mol. The molecule has 3 aromatic rings. The van der Waals surface area contributed by atoms with Crippen molar-refractivity contribution in [2.45, 2.75) is 45.3 Å². The molecule has 0 spiro atoms. The third kappa shape index (κ3) is 5.04. The predicted octanol–water partition coefficient (Wildman–Crippen LogP) is 4.23. The minimum absolute atomic E-state index is 0.143. The number of hydrogen-bond donors (Lipinski definition) is 4. The second-order valence-corrected chi connectivity index (χ2v) is 11.3. The summed E-state index contributed by atoms with van der Waals surface area (Å²) < 4.78 is 16.3. The quantitative estimate of drug-likeness (QED) is 0.330. The molecule has 2 aromatic carbocycles.